The van der Waals surface area contributed by atoms with Gasteiger partial charge in [0.1, 0.15) is 0 Å². The molecule has 0 saturated heterocycles. The maximum atomic E-state index is 9.93. The molecule has 0 aromatic rings. The third kappa shape index (κ3) is 8.77. The SMILES string of the molecule is CCCCCCCCCCCCCC(C(C)O)N1C=NCC1. The number of unbranched alkanes of at least 4 members (excludes halogenated alkanes) is 10. The molecule has 0 amide bonds. The number of hydrogen-bond acceptors (Lipinski definition) is 3. The van der Waals surface area contributed by atoms with E-state index in [0.29, 0.717) is 0 Å². The summed E-state index contributed by atoms with van der Waals surface area (Å²) in [6, 6.07) is 0.268. The number of rotatable bonds is 14. The molecule has 1 rings (SSSR count). The van der Waals surface area contributed by atoms with Crippen LogP contribution in [0.15, 0.2) is 4.99 Å². The number of hydrogen-bond donors (Lipinski definition) is 1. The molecule has 0 spiro atoms. The molecule has 0 aromatic heterocycles. The van der Waals surface area contributed by atoms with Crippen molar-refractivity contribution in [2.24, 2.45) is 4.99 Å². The van der Waals surface area contributed by atoms with Crippen molar-refractivity contribution in [3.63, 3.8) is 0 Å². The molecule has 0 bridgehead atoms. The Morgan fingerprint density at radius 2 is 1.50 bits per heavy atom. The lowest BCUT2D eigenvalue weighted by atomic mass is 10.0. The number of aliphatic hydroxyl groups excluding tert-OH is 1. The van der Waals surface area contributed by atoms with Crippen LogP contribution in [0.4, 0.5) is 0 Å². The molecule has 0 aromatic carbocycles. The fourth-order valence-corrected chi connectivity index (χ4v) is 3.35. The molecule has 3 heteroatoms. The molecule has 0 radical (unpaired) electrons. The maximum absolute atomic E-state index is 9.93. The molecular weight excluding hydrogens is 272 g/mol. The summed E-state index contributed by atoms with van der Waals surface area (Å²) in [6.45, 7) is 6.06. The zero-order valence-corrected chi connectivity index (χ0v) is 15.0. The van der Waals surface area contributed by atoms with Gasteiger partial charge in [-0.3, -0.25) is 4.99 Å². The normalized spacial score (nSPS) is 17.1. The zero-order chi connectivity index (χ0) is 16.0. The lowest BCUT2D eigenvalue weighted by Gasteiger charge is -2.29. The molecule has 1 N–H and O–H groups in total. The highest BCUT2D eigenvalue weighted by Gasteiger charge is 2.22. The number of aliphatic imine (C=N–C) groups is 1. The van der Waals surface area contributed by atoms with E-state index in [-0.39, 0.29) is 12.1 Å². The second-order valence-electron chi connectivity index (χ2n) is 6.89. The molecule has 1 aliphatic heterocycles. The van der Waals surface area contributed by atoms with Crippen molar-refractivity contribution in [2.75, 3.05) is 13.1 Å². The highest BCUT2D eigenvalue weighted by Crippen LogP contribution is 2.16. The fraction of sp³-hybridized carbons (Fsp3) is 0.947. The van der Waals surface area contributed by atoms with E-state index in [1.54, 1.807) is 0 Å². The van der Waals surface area contributed by atoms with Crippen molar-refractivity contribution in [3.8, 4) is 0 Å². The van der Waals surface area contributed by atoms with Crippen molar-refractivity contribution >= 4 is 6.34 Å². The highest BCUT2D eigenvalue weighted by atomic mass is 16.3. The topological polar surface area (TPSA) is 35.8 Å². The van der Waals surface area contributed by atoms with Crippen LogP contribution in [0.25, 0.3) is 0 Å². The average molecular weight is 311 g/mol. The first-order valence-electron chi connectivity index (χ1n) is 9.69. The first kappa shape index (κ1) is 19.5. The minimum Gasteiger partial charge on any atom is -0.391 e. The van der Waals surface area contributed by atoms with Crippen molar-refractivity contribution in [1.29, 1.82) is 0 Å². The molecular formula is C19H38N2O. The third-order valence-corrected chi connectivity index (χ3v) is 4.80. The van der Waals surface area contributed by atoms with E-state index < -0.39 is 0 Å². The van der Waals surface area contributed by atoms with E-state index in [1.165, 1.54) is 70.6 Å². The van der Waals surface area contributed by atoms with E-state index in [0.717, 1.165) is 19.5 Å². The van der Waals surface area contributed by atoms with Gasteiger partial charge < -0.3 is 10.0 Å². The largest absolute Gasteiger partial charge is 0.391 e. The Hall–Kier alpha value is -0.570. The van der Waals surface area contributed by atoms with Crippen LogP contribution in [0.5, 0.6) is 0 Å². The average Bonchev–Trinajstić information content (AvgIpc) is 3.02. The Morgan fingerprint density at radius 3 is 1.95 bits per heavy atom. The Balaban J connectivity index is 1.92. The van der Waals surface area contributed by atoms with Crippen LogP contribution >= 0.6 is 0 Å². The Kier molecular flexibility index (Phi) is 11.4. The summed E-state index contributed by atoms with van der Waals surface area (Å²) in [5.74, 6) is 0. The fourth-order valence-electron chi connectivity index (χ4n) is 3.35. The zero-order valence-electron chi connectivity index (χ0n) is 15.0. The van der Waals surface area contributed by atoms with Gasteiger partial charge in [-0.2, -0.15) is 0 Å². The van der Waals surface area contributed by atoms with Gasteiger partial charge in [-0.1, -0.05) is 77.6 Å². The van der Waals surface area contributed by atoms with E-state index in [1.807, 2.05) is 13.3 Å². The van der Waals surface area contributed by atoms with Crippen LogP contribution in [-0.2, 0) is 0 Å². The summed E-state index contributed by atoms with van der Waals surface area (Å²) in [6.07, 6.45) is 17.9. The van der Waals surface area contributed by atoms with Gasteiger partial charge in [0.2, 0.25) is 0 Å². The van der Waals surface area contributed by atoms with Crippen molar-refractivity contribution in [3.05, 3.63) is 0 Å². The highest BCUT2D eigenvalue weighted by molar-refractivity contribution is 5.57. The maximum Gasteiger partial charge on any atom is 0.0854 e. The van der Waals surface area contributed by atoms with Gasteiger partial charge in [0.25, 0.3) is 0 Å². The molecule has 0 aliphatic carbocycles. The second kappa shape index (κ2) is 12.9. The van der Waals surface area contributed by atoms with Crippen molar-refractivity contribution in [1.82, 2.24) is 4.90 Å². The van der Waals surface area contributed by atoms with Gasteiger partial charge in [-0.15, -0.1) is 0 Å². The molecule has 1 heterocycles. The molecule has 22 heavy (non-hydrogen) atoms. The predicted octanol–water partition coefficient (Wildman–Crippen LogP) is 4.78. The third-order valence-electron chi connectivity index (χ3n) is 4.80. The predicted molar refractivity (Wildman–Crippen MR) is 96.6 cm³/mol. The van der Waals surface area contributed by atoms with Gasteiger partial charge in [0.15, 0.2) is 0 Å². The van der Waals surface area contributed by atoms with Gasteiger partial charge >= 0.3 is 0 Å². The van der Waals surface area contributed by atoms with Crippen LogP contribution in [0, 0.1) is 0 Å². The van der Waals surface area contributed by atoms with E-state index >= 15 is 0 Å². The molecule has 0 saturated carbocycles. The summed E-state index contributed by atoms with van der Waals surface area (Å²) in [7, 11) is 0. The first-order valence-corrected chi connectivity index (χ1v) is 9.69. The van der Waals surface area contributed by atoms with Crippen LogP contribution in [0.2, 0.25) is 0 Å². The van der Waals surface area contributed by atoms with Crippen LogP contribution < -0.4 is 0 Å². The summed E-state index contributed by atoms with van der Waals surface area (Å²) in [5, 5.41) is 9.93. The quantitative estimate of drug-likeness (QED) is 0.469. The number of nitrogens with zero attached hydrogens (tertiary/aromatic N) is 2. The lowest BCUT2D eigenvalue weighted by Crippen LogP contribution is -2.40. The summed E-state index contributed by atoms with van der Waals surface area (Å²) in [5.41, 5.74) is 0. The molecule has 130 valence electrons. The van der Waals surface area contributed by atoms with Gasteiger partial charge in [-0.05, 0) is 13.3 Å². The first-order chi connectivity index (χ1) is 10.8. The monoisotopic (exact) mass is 310 g/mol. The molecule has 0 fully saturated rings. The molecule has 1 aliphatic rings. The Bertz CT molecular complexity index is 279. The second-order valence-corrected chi connectivity index (χ2v) is 6.89. The molecule has 2 atom stereocenters. The lowest BCUT2D eigenvalue weighted by molar-refractivity contribution is 0.0984. The molecule has 2 unspecified atom stereocenters. The summed E-state index contributed by atoms with van der Waals surface area (Å²) in [4.78, 5) is 6.49. The van der Waals surface area contributed by atoms with E-state index in [9.17, 15) is 5.11 Å². The van der Waals surface area contributed by atoms with Gasteiger partial charge in [-0.25, -0.2) is 0 Å². The summed E-state index contributed by atoms with van der Waals surface area (Å²) < 4.78 is 0. The van der Waals surface area contributed by atoms with Crippen molar-refractivity contribution < 1.29 is 5.11 Å². The van der Waals surface area contributed by atoms with Crippen LogP contribution in [0.3, 0.4) is 0 Å². The number of aliphatic hydroxyl groups is 1. The standard InChI is InChI=1S/C19H38N2O/c1-3-4-5-6-7-8-9-10-11-12-13-14-19(18(2)22)21-16-15-20-17-21/h17-19,22H,3-16H2,1-2H3. The van der Waals surface area contributed by atoms with Gasteiger partial charge in [0, 0.05) is 6.54 Å². The Labute approximate surface area is 138 Å². The van der Waals surface area contributed by atoms with Gasteiger partial charge in [0.05, 0.1) is 25.0 Å². The van der Waals surface area contributed by atoms with E-state index in [2.05, 4.69) is 16.8 Å². The van der Waals surface area contributed by atoms with E-state index in [4.69, 9.17) is 0 Å². The smallest absolute Gasteiger partial charge is 0.0854 e. The minimum absolute atomic E-state index is 0.257. The van der Waals surface area contributed by atoms with Crippen molar-refractivity contribution in [2.45, 2.75) is 103 Å². The molecule has 3 nitrogen and oxygen atoms in total. The summed E-state index contributed by atoms with van der Waals surface area (Å²) >= 11 is 0. The van der Waals surface area contributed by atoms with Crippen LogP contribution in [0.1, 0.15) is 90.9 Å². The minimum atomic E-state index is -0.257. The van der Waals surface area contributed by atoms with Crippen LogP contribution in [-0.4, -0.2) is 41.6 Å². The Morgan fingerprint density at radius 1 is 0.955 bits per heavy atom.